The van der Waals surface area contributed by atoms with Crippen LogP contribution in [0.1, 0.15) is 18.9 Å². The average Bonchev–Trinajstić information content (AvgIpc) is 3.20. The number of aromatic nitrogens is 3. The average molecular weight is 468 g/mol. The van der Waals surface area contributed by atoms with E-state index >= 15 is 0 Å². The standard InChI is InChI=1S/C12H16N4S.C9H11ClFNO2/c1-8(2)16(4)11-6-5-10(7-13-11)12-15-14-9(3)17-12;10-6-1-2-8(11)9(3-6)14-5-7(12)4-13/h5-8H,1-4H3;1-3,7,13H,4-5,12H2. The van der Waals surface area contributed by atoms with Gasteiger partial charge >= 0.3 is 0 Å². The minimum atomic E-state index is -0.520. The van der Waals surface area contributed by atoms with E-state index in [1.165, 1.54) is 18.2 Å². The summed E-state index contributed by atoms with van der Waals surface area (Å²) in [6.07, 6.45) is 1.86. The number of nitrogens with zero attached hydrogens (tertiary/aromatic N) is 4. The summed E-state index contributed by atoms with van der Waals surface area (Å²) in [5.74, 6) is 0.519. The topological polar surface area (TPSA) is 97.4 Å². The lowest BCUT2D eigenvalue weighted by molar-refractivity contribution is 0.202. The van der Waals surface area contributed by atoms with Gasteiger partial charge in [-0.25, -0.2) is 9.37 Å². The molecule has 3 aromatic rings. The molecule has 0 saturated heterocycles. The van der Waals surface area contributed by atoms with Crippen molar-refractivity contribution in [3.05, 3.63) is 52.4 Å². The predicted molar refractivity (Wildman–Crippen MR) is 123 cm³/mol. The molecule has 0 aliphatic carbocycles. The molecule has 2 aromatic heterocycles. The highest BCUT2D eigenvalue weighted by atomic mass is 35.5. The van der Waals surface area contributed by atoms with Crippen molar-refractivity contribution < 1.29 is 14.2 Å². The van der Waals surface area contributed by atoms with E-state index < -0.39 is 11.9 Å². The van der Waals surface area contributed by atoms with Gasteiger partial charge in [0.05, 0.1) is 12.6 Å². The van der Waals surface area contributed by atoms with Gasteiger partial charge in [0.25, 0.3) is 0 Å². The number of hydrogen-bond acceptors (Lipinski definition) is 8. The monoisotopic (exact) mass is 467 g/mol. The lowest BCUT2D eigenvalue weighted by Gasteiger charge is -2.22. The lowest BCUT2D eigenvalue weighted by Crippen LogP contribution is -2.31. The number of halogens is 2. The molecule has 0 aliphatic heterocycles. The normalized spacial score (nSPS) is 11.6. The van der Waals surface area contributed by atoms with Crippen molar-refractivity contribution in [1.29, 1.82) is 0 Å². The van der Waals surface area contributed by atoms with Crippen LogP contribution in [0.4, 0.5) is 10.2 Å². The molecule has 3 rings (SSSR count). The van der Waals surface area contributed by atoms with Crippen LogP contribution in [0.3, 0.4) is 0 Å². The molecule has 1 atom stereocenters. The SMILES string of the molecule is Cc1nnc(-c2ccc(N(C)C(C)C)nc2)s1.NC(CO)COc1cc(Cl)ccc1F. The molecule has 2 heterocycles. The number of pyridine rings is 1. The van der Waals surface area contributed by atoms with E-state index in [1.807, 2.05) is 32.3 Å². The summed E-state index contributed by atoms with van der Waals surface area (Å²) >= 11 is 7.22. The van der Waals surface area contributed by atoms with E-state index in [1.54, 1.807) is 11.3 Å². The quantitative estimate of drug-likeness (QED) is 0.543. The van der Waals surface area contributed by atoms with Gasteiger partial charge in [-0.3, -0.25) is 0 Å². The molecule has 0 fully saturated rings. The van der Waals surface area contributed by atoms with E-state index in [0.29, 0.717) is 11.1 Å². The second-order valence-electron chi connectivity index (χ2n) is 7.06. The van der Waals surface area contributed by atoms with Crippen LogP contribution in [0, 0.1) is 12.7 Å². The summed E-state index contributed by atoms with van der Waals surface area (Å²) in [4.78, 5) is 6.58. The third-order valence-corrected chi connectivity index (χ3v) is 5.36. The number of aliphatic hydroxyl groups excluding tert-OH is 1. The van der Waals surface area contributed by atoms with Crippen LogP contribution < -0.4 is 15.4 Å². The van der Waals surface area contributed by atoms with Crippen LogP contribution in [0.25, 0.3) is 10.6 Å². The molecular weight excluding hydrogens is 441 g/mol. The van der Waals surface area contributed by atoms with Crippen molar-refractivity contribution in [3.63, 3.8) is 0 Å². The van der Waals surface area contributed by atoms with Crippen LogP contribution in [0.2, 0.25) is 5.02 Å². The summed E-state index contributed by atoms with van der Waals surface area (Å²) in [5, 5.41) is 19.0. The molecule has 0 spiro atoms. The zero-order valence-corrected chi connectivity index (χ0v) is 19.5. The van der Waals surface area contributed by atoms with Crippen LogP contribution >= 0.6 is 22.9 Å². The van der Waals surface area contributed by atoms with Crippen molar-refractivity contribution >= 4 is 28.8 Å². The fourth-order valence-corrected chi connectivity index (χ4v) is 3.08. The van der Waals surface area contributed by atoms with Gasteiger partial charge in [-0.1, -0.05) is 22.9 Å². The van der Waals surface area contributed by atoms with E-state index in [9.17, 15) is 4.39 Å². The van der Waals surface area contributed by atoms with E-state index in [0.717, 1.165) is 21.4 Å². The maximum atomic E-state index is 13.0. The number of anilines is 1. The minimum Gasteiger partial charge on any atom is -0.489 e. The maximum absolute atomic E-state index is 13.0. The molecule has 31 heavy (non-hydrogen) atoms. The zero-order valence-electron chi connectivity index (χ0n) is 17.9. The van der Waals surface area contributed by atoms with Crippen molar-refractivity contribution in [1.82, 2.24) is 15.2 Å². The number of benzene rings is 1. The molecule has 10 heteroatoms. The van der Waals surface area contributed by atoms with Gasteiger partial charge < -0.3 is 20.5 Å². The zero-order chi connectivity index (χ0) is 23.0. The van der Waals surface area contributed by atoms with Crippen LogP contribution in [0.5, 0.6) is 5.75 Å². The first-order valence-corrected chi connectivity index (χ1v) is 10.8. The van der Waals surface area contributed by atoms with E-state index in [2.05, 4.69) is 33.9 Å². The van der Waals surface area contributed by atoms with Gasteiger partial charge in [-0.15, -0.1) is 10.2 Å². The smallest absolute Gasteiger partial charge is 0.165 e. The molecular formula is C21H27ClFN5O2S. The Labute approximate surface area is 190 Å². The number of nitrogens with two attached hydrogens (primary N) is 1. The number of hydrogen-bond donors (Lipinski definition) is 2. The van der Waals surface area contributed by atoms with Gasteiger partial charge in [0.15, 0.2) is 11.6 Å². The Morgan fingerprint density at radius 1 is 1.26 bits per heavy atom. The van der Waals surface area contributed by atoms with Crippen LogP contribution in [-0.4, -0.2) is 52.6 Å². The fraction of sp³-hybridized carbons (Fsp3) is 0.381. The third kappa shape index (κ3) is 7.70. The summed E-state index contributed by atoms with van der Waals surface area (Å²) in [7, 11) is 2.04. The first kappa shape index (κ1) is 24.9. The molecule has 3 N–H and O–H groups in total. The Balaban J connectivity index is 0.000000225. The fourth-order valence-electron chi connectivity index (χ4n) is 2.24. The molecule has 0 aliphatic rings. The van der Waals surface area contributed by atoms with Crippen molar-refractivity contribution in [3.8, 4) is 16.3 Å². The summed E-state index contributed by atoms with van der Waals surface area (Å²) in [6, 6.07) is 7.98. The Morgan fingerprint density at radius 2 is 2.00 bits per heavy atom. The van der Waals surface area contributed by atoms with Crippen molar-refractivity contribution in [2.75, 3.05) is 25.2 Å². The molecule has 1 aromatic carbocycles. The molecule has 0 saturated carbocycles. The van der Waals surface area contributed by atoms with Gasteiger partial charge in [0.1, 0.15) is 22.4 Å². The second-order valence-corrected chi connectivity index (χ2v) is 8.68. The molecule has 0 radical (unpaired) electrons. The number of ether oxygens (including phenoxy) is 1. The molecule has 0 bridgehead atoms. The minimum absolute atomic E-state index is 0.0430. The third-order valence-electron chi connectivity index (χ3n) is 4.24. The van der Waals surface area contributed by atoms with Gasteiger partial charge in [-0.2, -0.15) is 0 Å². The summed E-state index contributed by atoms with van der Waals surface area (Å²) in [6.45, 7) is 6.08. The molecule has 0 amide bonds. The highest BCUT2D eigenvalue weighted by molar-refractivity contribution is 7.14. The number of rotatable bonds is 7. The maximum Gasteiger partial charge on any atom is 0.165 e. The van der Waals surface area contributed by atoms with Gasteiger partial charge in [0, 0.05) is 35.9 Å². The summed E-state index contributed by atoms with van der Waals surface area (Å²) < 4.78 is 18.1. The lowest BCUT2D eigenvalue weighted by atomic mass is 10.2. The molecule has 7 nitrogen and oxygen atoms in total. The summed E-state index contributed by atoms with van der Waals surface area (Å²) in [5.41, 5.74) is 6.40. The van der Waals surface area contributed by atoms with Gasteiger partial charge in [-0.05, 0) is 45.0 Å². The van der Waals surface area contributed by atoms with E-state index in [-0.39, 0.29) is 19.0 Å². The Bertz CT molecular complexity index is 955. The van der Waals surface area contributed by atoms with Crippen molar-refractivity contribution in [2.24, 2.45) is 5.73 Å². The van der Waals surface area contributed by atoms with Crippen molar-refractivity contribution in [2.45, 2.75) is 32.9 Å². The second kappa shape index (κ2) is 11.9. The van der Waals surface area contributed by atoms with Crippen LogP contribution in [0.15, 0.2) is 36.5 Å². The van der Waals surface area contributed by atoms with E-state index in [4.69, 9.17) is 27.2 Å². The number of aliphatic hydroxyl groups is 1. The highest BCUT2D eigenvalue weighted by Crippen LogP contribution is 2.24. The molecule has 1 unspecified atom stereocenters. The Kier molecular flexibility index (Phi) is 9.57. The predicted octanol–water partition coefficient (Wildman–Crippen LogP) is 3.93. The number of aryl methyl sites for hydroxylation is 1. The largest absolute Gasteiger partial charge is 0.489 e. The highest BCUT2D eigenvalue weighted by Gasteiger charge is 2.09. The Hall–Kier alpha value is -2.33. The van der Waals surface area contributed by atoms with Crippen LogP contribution in [-0.2, 0) is 0 Å². The molecule has 168 valence electrons. The Morgan fingerprint density at radius 3 is 2.55 bits per heavy atom. The first-order chi connectivity index (χ1) is 14.7. The van der Waals surface area contributed by atoms with Gasteiger partial charge in [0.2, 0.25) is 0 Å². The first-order valence-electron chi connectivity index (χ1n) is 9.65.